The van der Waals surface area contributed by atoms with Gasteiger partial charge in [-0.3, -0.25) is 4.79 Å². The summed E-state index contributed by atoms with van der Waals surface area (Å²) in [5.41, 5.74) is 2.11. The molecule has 2 unspecified atom stereocenters. The van der Waals surface area contributed by atoms with E-state index in [1.54, 1.807) is 12.1 Å². The van der Waals surface area contributed by atoms with E-state index in [1.807, 2.05) is 6.92 Å². The Kier molecular flexibility index (Phi) is 4.66. The van der Waals surface area contributed by atoms with Gasteiger partial charge in [-0.1, -0.05) is 13.0 Å². The average Bonchev–Trinajstić information content (AvgIpc) is 2.69. The highest BCUT2D eigenvalue weighted by molar-refractivity contribution is 5.85. The molecule has 1 saturated heterocycles. The smallest absolute Gasteiger partial charge is 0.223 e. The van der Waals surface area contributed by atoms with Gasteiger partial charge in [0.25, 0.3) is 0 Å². The number of aryl methyl sites for hydroxylation is 1. The molecule has 110 valence electrons. The number of benzene rings is 1. The van der Waals surface area contributed by atoms with Gasteiger partial charge in [0, 0.05) is 5.92 Å². The number of fused-ring (bicyclic) bond motifs is 1. The molecule has 1 aliphatic heterocycles. The molecule has 0 bridgehead atoms. The first-order valence-corrected chi connectivity index (χ1v) is 6.94. The fraction of sp³-hybridized carbons (Fsp3) is 0.533. The largest absolute Gasteiger partial charge is 0.349 e. The van der Waals surface area contributed by atoms with Crippen molar-refractivity contribution < 1.29 is 9.18 Å². The molecule has 1 heterocycles. The Labute approximate surface area is 124 Å². The Hall–Kier alpha value is -1.13. The summed E-state index contributed by atoms with van der Waals surface area (Å²) in [6.45, 7) is 3.85. The predicted molar refractivity (Wildman–Crippen MR) is 78.4 cm³/mol. The number of halogens is 2. The van der Waals surface area contributed by atoms with Crippen LogP contribution in [0.25, 0.3) is 0 Å². The van der Waals surface area contributed by atoms with E-state index in [0.717, 1.165) is 37.1 Å². The molecule has 0 saturated carbocycles. The molecule has 20 heavy (non-hydrogen) atoms. The molecule has 3 nitrogen and oxygen atoms in total. The molecule has 3 rings (SSSR count). The quantitative estimate of drug-likeness (QED) is 0.898. The van der Waals surface area contributed by atoms with Crippen molar-refractivity contribution in [2.24, 2.45) is 11.8 Å². The molecular weight excluding hydrogens is 279 g/mol. The van der Waals surface area contributed by atoms with Crippen LogP contribution in [0.4, 0.5) is 4.39 Å². The molecule has 5 heteroatoms. The van der Waals surface area contributed by atoms with Crippen LogP contribution in [0.15, 0.2) is 18.2 Å². The van der Waals surface area contributed by atoms with Crippen LogP contribution in [0, 0.1) is 17.7 Å². The van der Waals surface area contributed by atoms with Gasteiger partial charge in [-0.25, -0.2) is 4.39 Å². The third-order valence-electron chi connectivity index (χ3n) is 4.43. The number of hydrogen-bond acceptors (Lipinski definition) is 2. The maximum Gasteiger partial charge on any atom is 0.223 e. The minimum absolute atomic E-state index is 0. The first-order valence-electron chi connectivity index (χ1n) is 6.94. The molecule has 1 aromatic carbocycles. The molecule has 2 aliphatic rings. The molecule has 1 aromatic rings. The second-order valence-electron chi connectivity index (χ2n) is 5.65. The summed E-state index contributed by atoms with van der Waals surface area (Å²) in [7, 11) is 0. The topological polar surface area (TPSA) is 41.1 Å². The highest BCUT2D eigenvalue weighted by atomic mass is 35.5. The average molecular weight is 299 g/mol. The number of carbonyl (C=O) groups excluding carboxylic acids is 1. The van der Waals surface area contributed by atoms with Crippen LogP contribution in [-0.2, 0) is 11.2 Å². The number of hydrogen-bond donors (Lipinski definition) is 2. The zero-order valence-corrected chi connectivity index (χ0v) is 12.3. The van der Waals surface area contributed by atoms with Crippen LogP contribution in [0.3, 0.4) is 0 Å². The third kappa shape index (κ3) is 2.81. The number of amides is 1. The Morgan fingerprint density at radius 3 is 2.85 bits per heavy atom. The summed E-state index contributed by atoms with van der Waals surface area (Å²) < 4.78 is 13.1. The van der Waals surface area contributed by atoms with Crippen molar-refractivity contribution in [2.45, 2.75) is 25.8 Å². The summed E-state index contributed by atoms with van der Waals surface area (Å²) in [5, 5.41) is 6.31. The zero-order valence-electron chi connectivity index (χ0n) is 11.5. The highest BCUT2D eigenvalue weighted by Crippen LogP contribution is 2.32. The summed E-state index contributed by atoms with van der Waals surface area (Å²) in [6.07, 6.45) is 1.72. The minimum Gasteiger partial charge on any atom is -0.349 e. The molecule has 1 amide bonds. The molecule has 1 fully saturated rings. The molecular formula is C15H20ClFN2O. The molecule has 0 spiro atoms. The van der Waals surface area contributed by atoms with Crippen molar-refractivity contribution in [3.05, 3.63) is 35.1 Å². The second kappa shape index (κ2) is 6.10. The van der Waals surface area contributed by atoms with E-state index in [0.29, 0.717) is 5.92 Å². The van der Waals surface area contributed by atoms with Gasteiger partial charge in [-0.2, -0.15) is 0 Å². The normalized spacial score (nSPS) is 22.4. The predicted octanol–water partition coefficient (Wildman–Crippen LogP) is 2.21. The van der Waals surface area contributed by atoms with Crippen molar-refractivity contribution in [3.8, 4) is 0 Å². The molecule has 2 atom stereocenters. The number of carbonyl (C=O) groups is 1. The summed E-state index contributed by atoms with van der Waals surface area (Å²) in [5.74, 6) is 0.424. The number of rotatable bonds is 3. The fourth-order valence-electron chi connectivity index (χ4n) is 2.92. The zero-order chi connectivity index (χ0) is 13.4. The third-order valence-corrected chi connectivity index (χ3v) is 4.43. The van der Waals surface area contributed by atoms with Crippen LogP contribution >= 0.6 is 12.4 Å². The minimum atomic E-state index is -0.195. The monoisotopic (exact) mass is 298 g/mol. The van der Waals surface area contributed by atoms with Gasteiger partial charge < -0.3 is 10.6 Å². The van der Waals surface area contributed by atoms with Crippen LogP contribution < -0.4 is 10.6 Å². The van der Waals surface area contributed by atoms with E-state index in [2.05, 4.69) is 10.6 Å². The van der Waals surface area contributed by atoms with Gasteiger partial charge in [0.05, 0.1) is 6.04 Å². The fourth-order valence-corrected chi connectivity index (χ4v) is 2.92. The Morgan fingerprint density at radius 2 is 2.20 bits per heavy atom. The highest BCUT2D eigenvalue weighted by Gasteiger charge is 2.31. The van der Waals surface area contributed by atoms with Crippen molar-refractivity contribution in [2.75, 3.05) is 13.1 Å². The van der Waals surface area contributed by atoms with Crippen LogP contribution in [-0.4, -0.2) is 19.0 Å². The lowest BCUT2D eigenvalue weighted by molar-refractivity contribution is -0.127. The van der Waals surface area contributed by atoms with Crippen LogP contribution in [0.5, 0.6) is 0 Å². The Balaban J connectivity index is 0.00000147. The van der Waals surface area contributed by atoms with E-state index in [-0.39, 0.29) is 36.1 Å². The van der Waals surface area contributed by atoms with Crippen LogP contribution in [0.1, 0.15) is 30.5 Å². The van der Waals surface area contributed by atoms with Gasteiger partial charge in [0.1, 0.15) is 5.82 Å². The van der Waals surface area contributed by atoms with E-state index in [4.69, 9.17) is 0 Å². The van der Waals surface area contributed by atoms with Gasteiger partial charge in [0.2, 0.25) is 5.91 Å². The molecule has 1 aliphatic carbocycles. The maximum atomic E-state index is 13.1. The van der Waals surface area contributed by atoms with Crippen molar-refractivity contribution in [1.29, 1.82) is 0 Å². The first kappa shape index (κ1) is 15.3. The van der Waals surface area contributed by atoms with E-state index in [9.17, 15) is 9.18 Å². The summed E-state index contributed by atoms with van der Waals surface area (Å²) in [6, 6.07) is 4.92. The van der Waals surface area contributed by atoms with E-state index < -0.39 is 0 Å². The molecule has 0 radical (unpaired) electrons. The Bertz CT molecular complexity index is 505. The first-order chi connectivity index (χ1) is 9.15. The SMILES string of the molecule is CC(C(=O)NC1CCc2cc(F)ccc21)C1CNC1.Cl. The number of nitrogens with one attached hydrogen (secondary N) is 2. The summed E-state index contributed by atoms with van der Waals surface area (Å²) in [4.78, 5) is 12.2. The Morgan fingerprint density at radius 1 is 1.45 bits per heavy atom. The van der Waals surface area contributed by atoms with E-state index in [1.165, 1.54) is 6.07 Å². The van der Waals surface area contributed by atoms with Gasteiger partial charge in [-0.15, -0.1) is 12.4 Å². The van der Waals surface area contributed by atoms with Gasteiger partial charge in [0.15, 0.2) is 0 Å². The van der Waals surface area contributed by atoms with Crippen molar-refractivity contribution >= 4 is 18.3 Å². The maximum absolute atomic E-state index is 13.1. The lowest BCUT2D eigenvalue weighted by Crippen LogP contribution is -2.49. The van der Waals surface area contributed by atoms with Crippen molar-refractivity contribution in [1.82, 2.24) is 10.6 Å². The lowest BCUT2D eigenvalue weighted by Gasteiger charge is -2.32. The summed E-state index contributed by atoms with van der Waals surface area (Å²) >= 11 is 0. The lowest BCUT2D eigenvalue weighted by atomic mass is 9.88. The molecule has 2 N–H and O–H groups in total. The van der Waals surface area contributed by atoms with Crippen molar-refractivity contribution in [3.63, 3.8) is 0 Å². The van der Waals surface area contributed by atoms with E-state index >= 15 is 0 Å². The standard InChI is InChI=1S/C15H19FN2O.ClH/c1-9(11-7-17-8-11)15(19)18-14-5-2-10-6-12(16)3-4-13(10)14;/h3-4,6,9,11,14,17H,2,5,7-8H2,1H3,(H,18,19);1H. The molecule has 0 aromatic heterocycles. The van der Waals surface area contributed by atoms with Crippen LogP contribution in [0.2, 0.25) is 0 Å². The second-order valence-corrected chi connectivity index (χ2v) is 5.65. The van der Waals surface area contributed by atoms with Gasteiger partial charge in [-0.05, 0) is 55.1 Å². The van der Waals surface area contributed by atoms with Gasteiger partial charge >= 0.3 is 0 Å².